The van der Waals surface area contributed by atoms with Gasteiger partial charge in [-0.25, -0.2) is 9.59 Å². The first-order valence-corrected chi connectivity index (χ1v) is 6.55. The average Bonchev–Trinajstić information content (AvgIpc) is 2.38. The molecule has 0 unspecified atom stereocenters. The van der Waals surface area contributed by atoms with Gasteiger partial charge in [0.05, 0.1) is 24.3 Å². The Kier molecular flexibility index (Phi) is 6.48. The predicted molar refractivity (Wildman–Crippen MR) is 76.7 cm³/mol. The summed E-state index contributed by atoms with van der Waals surface area (Å²) in [7, 11) is 0. The van der Waals surface area contributed by atoms with Crippen LogP contribution in [-0.2, 0) is 9.53 Å². The van der Waals surface area contributed by atoms with Crippen LogP contribution in [0.4, 0.5) is 10.5 Å². The first-order chi connectivity index (χ1) is 9.93. The van der Waals surface area contributed by atoms with Gasteiger partial charge in [-0.15, -0.1) is 0 Å². The van der Waals surface area contributed by atoms with Crippen molar-refractivity contribution in [2.75, 3.05) is 18.5 Å². The van der Waals surface area contributed by atoms with Crippen molar-refractivity contribution in [1.29, 1.82) is 0 Å². The van der Waals surface area contributed by atoms with Crippen molar-refractivity contribution in [2.24, 2.45) is 0 Å². The second-order valence-electron chi connectivity index (χ2n) is 3.93. The average molecular weight is 315 g/mol. The number of carboxylic acids is 1. The van der Waals surface area contributed by atoms with Crippen LogP contribution in [0.15, 0.2) is 18.2 Å². The fourth-order valence-electron chi connectivity index (χ4n) is 1.48. The molecule has 1 aromatic carbocycles. The van der Waals surface area contributed by atoms with Crippen molar-refractivity contribution in [3.63, 3.8) is 0 Å². The third-order valence-corrected chi connectivity index (χ3v) is 2.62. The molecule has 0 aromatic heterocycles. The van der Waals surface area contributed by atoms with E-state index < -0.39 is 18.0 Å². The van der Waals surface area contributed by atoms with Crippen LogP contribution in [0.2, 0.25) is 5.02 Å². The third-order valence-electron chi connectivity index (χ3n) is 2.38. The minimum Gasteiger partial charge on any atom is -0.478 e. The molecule has 0 radical (unpaired) electrons. The molecule has 1 rings (SSSR count). The lowest BCUT2D eigenvalue weighted by molar-refractivity contribution is -0.142. The zero-order valence-corrected chi connectivity index (χ0v) is 12.1. The molecule has 0 saturated heterocycles. The van der Waals surface area contributed by atoms with Gasteiger partial charge in [0.2, 0.25) is 0 Å². The topological polar surface area (TPSA) is 105 Å². The molecule has 0 aliphatic rings. The number of nitrogens with one attached hydrogen (secondary N) is 2. The first kappa shape index (κ1) is 16.8. The van der Waals surface area contributed by atoms with Gasteiger partial charge in [0.25, 0.3) is 0 Å². The van der Waals surface area contributed by atoms with Crippen molar-refractivity contribution in [1.82, 2.24) is 5.32 Å². The van der Waals surface area contributed by atoms with E-state index in [1.165, 1.54) is 18.2 Å². The summed E-state index contributed by atoms with van der Waals surface area (Å²) in [6.07, 6.45) is 0.0304. The number of rotatable bonds is 6. The highest BCUT2D eigenvalue weighted by molar-refractivity contribution is 6.31. The van der Waals surface area contributed by atoms with E-state index in [0.29, 0.717) is 5.02 Å². The molecule has 7 nitrogen and oxygen atoms in total. The normalized spacial score (nSPS) is 9.81. The van der Waals surface area contributed by atoms with Crippen LogP contribution in [0.1, 0.15) is 23.7 Å². The molecule has 0 atom stereocenters. The Hall–Kier alpha value is -2.28. The van der Waals surface area contributed by atoms with Gasteiger partial charge in [0.1, 0.15) is 0 Å². The zero-order valence-electron chi connectivity index (χ0n) is 11.3. The van der Waals surface area contributed by atoms with Gasteiger partial charge in [0, 0.05) is 11.6 Å². The lowest BCUT2D eigenvalue weighted by Gasteiger charge is -2.10. The van der Waals surface area contributed by atoms with Crippen LogP contribution in [0.3, 0.4) is 0 Å². The Balaban J connectivity index is 2.57. The molecule has 8 heteroatoms. The van der Waals surface area contributed by atoms with Crippen molar-refractivity contribution in [3.05, 3.63) is 28.8 Å². The van der Waals surface area contributed by atoms with Crippen LogP contribution < -0.4 is 10.6 Å². The molecule has 0 saturated carbocycles. The number of ether oxygens (including phenoxy) is 1. The molecule has 2 amide bonds. The minimum absolute atomic E-state index is 0.0304. The number of amides is 2. The van der Waals surface area contributed by atoms with E-state index in [1.54, 1.807) is 6.92 Å². The zero-order chi connectivity index (χ0) is 15.8. The minimum atomic E-state index is -1.19. The monoisotopic (exact) mass is 314 g/mol. The summed E-state index contributed by atoms with van der Waals surface area (Å²) in [6, 6.07) is 3.40. The highest BCUT2D eigenvalue weighted by atomic mass is 35.5. The smallest absolute Gasteiger partial charge is 0.337 e. The molecule has 0 fully saturated rings. The molecule has 0 spiro atoms. The van der Waals surface area contributed by atoms with Crippen molar-refractivity contribution in [3.8, 4) is 0 Å². The summed E-state index contributed by atoms with van der Waals surface area (Å²) < 4.78 is 4.70. The SMILES string of the molecule is CCOC(=O)CCNC(=O)Nc1cc(Cl)ccc1C(=O)O. The Morgan fingerprint density at radius 1 is 1.33 bits per heavy atom. The lowest BCUT2D eigenvalue weighted by Crippen LogP contribution is -2.31. The summed E-state index contributed by atoms with van der Waals surface area (Å²) in [5.41, 5.74) is -0.0106. The molecule has 21 heavy (non-hydrogen) atoms. The van der Waals surface area contributed by atoms with Gasteiger partial charge in [-0.05, 0) is 25.1 Å². The molecule has 3 N–H and O–H groups in total. The number of anilines is 1. The number of hydrogen-bond acceptors (Lipinski definition) is 4. The van der Waals surface area contributed by atoms with E-state index in [1.807, 2.05) is 0 Å². The fraction of sp³-hybridized carbons (Fsp3) is 0.308. The second-order valence-corrected chi connectivity index (χ2v) is 4.37. The quantitative estimate of drug-likeness (QED) is 0.697. The number of urea groups is 1. The van der Waals surface area contributed by atoms with Gasteiger partial charge in [0.15, 0.2) is 0 Å². The third kappa shape index (κ3) is 5.70. The van der Waals surface area contributed by atoms with E-state index in [-0.39, 0.29) is 30.8 Å². The highest BCUT2D eigenvalue weighted by Crippen LogP contribution is 2.21. The van der Waals surface area contributed by atoms with Gasteiger partial charge < -0.3 is 20.5 Å². The fourth-order valence-corrected chi connectivity index (χ4v) is 1.66. The predicted octanol–water partition coefficient (Wildman–Crippen LogP) is 2.11. The molecule has 0 heterocycles. The van der Waals surface area contributed by atoms with Crippen LogP contribution >= 0.6 is 11.6 Å². The number of carbonyl (C=O) groups excluding carboxylic acids is 2. The second kappa shape index (κ2) is 8.11. The highest BCUT2D eigenvalue weighted by Gasteiger charge is 2.13. The van der Waals surface area contributed by atoms with Gasteiger partial charge in [-0.2, -0.15) is 0 Å². The summed E-state index contributed by atoms with van der Waals surface area (Å²) in [4.78, 5) is 33.7. The van der Waals surface area contributed by atoms with Gasteiger partial charge >= 0.3 is 18.0 Å². The van der Waals surface area contributed by atoms with Crippen molar-refractivity contribution >= 4 is 35.3 Å². The van der Waals surface area contributed by atoms with Gasteiger partial charge in [-0.1, -0.05) is 11.6 Å². The molecule has 1 aromatic rings. The number of benzene rings is 1. The van der Waals surface area contributed by atoms with E-state index >= 15 is 0 Å². The van der Waals surface area contributed by atoms with E-state index in [9.17, 15) is 14.4 Å². The van der Waals surface area contributed by atoms with E-state index in [2.05, 4.69) is 10.6 Å². The standard InChI is InChI=1S/C13H15ClN2O5/c1-2-21-11(17)5-6-15-13(20)16-10-7-8(14)3-4-9(10)12(18)19/h3-4,7H,2,5-6H2,1H3,(H,18,19)(H2,15,16,20). The van der Waals surface area contributed by atoms with Crippen LogP contribution in [-0.4, -0.2) is 36.2 Å². The van der Waals surface area contributed by atoms with Crippen LogP contribution in [0.5, 0.6) is 0 Å². The molecule has 114 valence electrons. The summed E-state index contributed by atoms with van der Waals surface area (Å²) in [5.74, 6) is -1.61. The molecule has 0 aliphatic carbocycles. The largest absolute Gasteiger partial charge is 0.478 e. The lowest BCUT2D eigenvalue weighted by atomic mass is 10.2. The number of halogens is 1. The van der Waals surface area contributed by atoms with Crippen molar-refractivity contribution in [2.45, 2.75) is 13.3 Å². The maximum Gasteiger partial charge on any atom is 0.337 e. The van der Waals surface area contributed by atoms with E-state index in [4.69, 9.17) is 21.4 Å². The molecular weight excluding hydrogens is 300 g/mol. The molecular formula is C13H15ClN2O5. The Morgan fingerprint density at radius 3 is 2.67 bits per heavy atom. The van der Waals surface area contributed by atoms with Crippen molar-refractivity contribution < 1.29 is 24.2 Å². The number of hydrogen-bond donors (Lipinski definition) is 3. The summed E-state index contributed by atoms with van der Waals surface area (Å²) in [6.45, 7) is 2.04. The number of aromatic carboxylic acids is 1. The number of esters is 1. The number of carboxylic acid groups (broad SMARTS) is 1. The summed E-state index contributed by atoms with van der Waals surface area (Å²) >= 11 is 5.76. The number of carbonyl (C=O) groups is 3. The van der Waals surface area contributed by atoms with Crippen LogP contribution in [0.25, 0.3) is 0 Å². The molecule has 0 bridgehead atoms. The van der Waals surface area contributed by atoms with Crippen LogP contribution in [0, 0.1) is 0 Å². The van der Waals surface area contributed by atoms with E-state index in [0.717, 1.165) is 0 Å². The Morgan fingerprint density at radius 2 is 2.05 bits per heavy atom. The Labute approximate surface area is 126 Å². The maximum absolute atomic E-state index is 11.6. The first-order valence-electron chi connectivity index (χ1n) is 6.17. The van der Waals surface area contributed by atoms with Gasteiger partial charge in [-0.3, -0.25) is 4.79 Å². The Bertz CT molecular complexity index is 547. The molecule has 0 aliphatic heterocycles. The maximum atomic E-state index is 11.6. The summed E-state index contributed by atoms with van der Waals surface area (Å²) in [5, 5.41) is 14.1.